The van der Waals surface area contributed by atoms with Crippen LogP contribution >= 0.6 is 0 Å². The van der Waals surface area contributed by atoms with Gasteiger partial charge in [0.05, 0.1) is 19.1 Å². The quantitative estimate of drug-likeness (QED) is 0.721. The Balaban J connectivity index is 2.31. The van der Waals surface area contributed by atoms with E-state index < -0.39 is 12.1 Å². The Hall–Kier alpha value is -1.34. The van der Waals surface area contributed by atoms with E-state index in [1.54, 1.807) is 4.90 Å². The molecule has 1 aliphatic heterocycles. The lowest BCUT2D eigenvalue weighted by Crippen LogP contribution is -2.44. The number of methoxy groups -OCH3 is 1. The van der Waals surface area contributed by atoms with Crippen LogP contribution in [0.15, 0.2) is 0 Å². The molecule has 0 bridgehead atoms. The molecule has 1 saturated heterocycles. The summed E-state index contributed by atoms with van der Waals surface area (Å²) in [5.74, 6) is -0.945. The minimum Gasteiger partial charge on any atom is -0.481 e. The van der Waals surface area contributed by atoms with Crippen molar-refractivity contribution >= 4 is 12.0 Å². The van der Waals surface area contributed by atoms with Crippen molar-refractivity contribution in [2.45, 2.75) is 18.9 Å². The summed E-state index contributed by atoms with van der Waals surface area (Å²) < 4.78 is 10.2. The van der Waals surface area contributed by atoms with Crippen LogP contribution in [-0.2, 0) is 14.3 Å². The summed E-state index contributed by atoms with van der Waals surface area (Å²) in [6.07, 6.45) is 0.186. The van der Waals surface area contributed by atoms with Crippen LogP contribution in [0, 0.1) is 0 Å². The van der Waals surface area contributed by atoms with Crippen molar-refractivity contribution in [1.82, 2.24) is 10.2 Å². The number of hydrogen-bond acceptors (Lipinski definition) is 4. The minimum atomic E-state index is -0.945. The largest absolute Gasteiger partial charge is 0.481 e. The Morgan fingerprint density at radius 3 is 2.89 bits per heavy atom. The third kappa shape index (κ3) is 5.33. The average molecular weight is 260 g/mol. The molecule has 1 fully saturated rings. The summed E-state index contributed by atoms with van der Waals surface area (Å²) in [6, 6.07) is -0.201. The van der Waals surface area contributed by atoms with E-state index >= 15 is 0 Å². The Bertz CT molecular complexity index is 277. The van der Waals surface area contributed by atoms with E-state index in [0.717, 1.165) is 6.42 Å². The number of nitrogens with one attached hydrogen (secondary N) is 1. The second-order valence-electron chi connectivity index (χ2n) is 4.09. The fourth-order valence-electron chi connectivity index (χ4n) is 1.70. The Labute approximate surface area is 106 Å². The summed E-state index contributed by atoms with van der Waals surface area (Å²) in [4.78, 5) is 24.0. The first-order chi connectivity index (χ1) is 8.63. The van der Waals surface area contributed by atoms with E-state index in [1.165, 1.54) is 7.11 Å². The van der Waals surface area contributed by atoms with Gasteiger partial charge in [0.1, 0.15) is 0 Å². The molecule has 0 aromatic carbocycles. The predicted octanol–water partition coefficient (Wildman–Crippen LogP) is -0.0920. The highest BCUT2D eigenvalue weighted by molar-refractivity contribution is 5.74. The highest BCUT2D eigenvalue weighted by Crippen LogP contribution is 2.00. The second-order valence-corrected chi connectivity index (χ2v) is 4.09. The van der Waals surface area contributed by atoms with Crippen LogP contribution < -0.4 is 5.32 Å². The number of carbonyl (C=O) groups excluding carboxylic acids is 1. The van der Waals surface area contributed by atoms with Gasteiger partial charge in [0.25, 0.3) is 0 Å². The maximum atomic E-state index is 11.8. The van der Waals surface area contributed by atoms with E-state index in [1.807, 2.05) is 0 Å². The van der Waals surface area contributed by atoms with Gasteiger partial charge in [-0.05, 0) is 6.42 Å². The SMILES string of the molecule is COC(CNC(=O)N1CCCOCC1)CC(=O)O. The fourth-order valence-corrected chi connectivity index (χ4v) is 1.70. The first-order valence-corrected chi connectivity index (χ1v) is 5.98. The standard InChI is InChI=1S/C11H20N2O5/c1-17-9(7-10(14)15)8-12-11(16)13-3-2-5-18-6-4-13/h9H,2-8H2,1H3,(H,12,16)(H,14,15). The molecule has 2 N–H and O–H groups in total. The van der Waals surface area contributed by atoms with Gasteiger partial charge < -0.3 is 24.8 Å². The van der Waals surface area contributed by atoms with Gasteiger partial charge in [-0.3, -0.25) is 4.79 Å². The maximum Gasteiger partial charge on any atom is 0.317 e. The molecule has 1 atom stereocenters. The van der Waals surface area contributed by atoms with E-state index in [4.69, 9.17) is 14.6 Å². The first kappa shape index (κ1) is 14.7. The normalized spacial score (nSPS) is 17.9. The topological polar surface area (TPSA) is 88.1 Å². The minimum absolute atomic E-state index is 0.125. The van der Waals surface area contributed by atoms with Crippen molar-refractivity contribution in [3.8, 4) is 0 Å². The molecule has 1 rings (SSSR count). The maximum absolute atomic E-state index is 11.8. The van der Waals surface area contributed by atoms with Crippen molar-refractivity contribution in [3.05, 3.63) is 0 Å². The van der Waals surface area contributed by atoms with Gasteiger partial charge in [-0.15, -0.1) is 0 Å². The lowest BCUT2D eigenvalue weighted by molar-refractivity contribution is -0.139. The number of carbonyl (C=O) groups is 2. The number of amides is 2. The number of urea groups is 1. The van der Waals surface area contributed by atoms with Crippen LogP contribution in [0.2, 0.25) is 0 Å². The van der Waals surface area contributed by atoms with Crippen molar-refractivity contribution in [3.63, 3.8) is 0 Å². The smallest absolute Gasteiger partial charge is 0.317 e. The molecular formula is C11H20N2O5. The molecule has 1 heterocycles. The zero-order chi connectivity index (χ0) is 13.4. The van der Waals surface area contributed by atoms with Gasteiger partial charge in [0, 0.05) is 33.4 Å². The molecule has 0 aromatic rings. The van der Waals surface area contributed by atoms with Gasteiger partial charge in [-0.2, -0.15) is 0 Å². The number of carboxylic acids is 1. The van der Waals surface area contributed by atoms with Crippen molar-refractivity contribution in [1.29, 1.82) is 0 Å². The predicted molar refractivity (Wildman–Crippen MR) is 63.5 cm³/mol. The molecule has 0 spiro atoms. The van der Waals surface area contributed by atoms with Crippen LogP contribution in [0.3, 0.4) is 0 Å². The lowest BCUT2D eigenvalue weighted by Gasteiger charge is -2.22. The summed E-state index contributed by atoms with van der Waals surface area (Å²) in [6.45, 7) is 2.61. The van der Waals surface area contributed by atoms with E-state index in [0.29, 0.717) is 26.3 Å². The average Bonchev–Trinajstić information content (AvgIpc) is 2.62. The number of carboxylic acid groups (broad SMARTS) is 1. The van der Waals surface area contributed by atoms with Crippen molar-refractivity contribution < 1.29 is 24.2 Å². The molecular weight excluding hydrogens is 240 g/mol. The Morgan fingerprint density at radius 1 is 1.44 bits per heavy atom. The van der Waals surface area contributed by atoms with Gasteiger partial charge in [0.15, 0.2) is 0 Å². The molecule has 7 heteroatoms. The highest BCUT2D eigenvalue weighted by atomic mass is 16.5. The molecule has 18 heavy (non-hydrogen) atoms. The van der Waals surface area contributed by atoms with E-state index in [9.17, 15) is 9.59 Å². The summed E-state index contributed by atoms with van der Waals surface area (Å²) >= 11 is 0. The number of nitrogens with zero attached hydrogens (tertiary/aromatic N) is 1. The highest BCUT2D eigenvalue weighted by Gasteiger charge is 2.18. The van der Waals surface area contributed by atoms with E-state index in [2.05, 4.69) is 5.32 Å². The number of aliphatic carboxylic acids is 1. The molecule has 0 aromatic heterocycles. The van der Waals surface area contributed by atoms with Gasteiger partial charge in [-0.25, -0.2) is 4.79 Å². The lowest BCUT2D eigenvalue weighted by atomic mass is 10.2. The van der Waals surface area contributed by atoms with Gasteiger partial charge >= 0.3 is 12.0 Å². The first-order valence-electron chi connectivity index (χ1n) is 5.98. The molecule has 1 aliphatic rings. The zero-order valence-electron chi connectivity index (χ0n) is 10.6. The van der Waals surface area contributed by atoms with Crippen LogP contribution in [0.1, 0.15) is 12.8 Å². The molecule has 7 nitrogen and oxygen atoms in total. The van der Waals surface area contributed by atoms with Crippen molar-refractivity contribution in [2.75, 3.05) is 40.0 Å². The Kier molecular flexibility index (Phi) is 6.45. The van der Waals surface area contributed by atoms with Gasteiger partial charge in [0.2, 0.25) is 0 Å². The molecule has 2 amide bonds. The van der Waals surface area contributed by atoms with Crippen LogP contribution in [0.5, 0.6) is 0 Å². The molecule has 0 aliphatic carbocycles. The Morgan fingerprint density at radius 2 is 2.22 bits per heavy atom. The van der Waals surface area contributed by atoms with Crippen LogP contribution in [0.4, 0.5) is 4.79 Å². The fraction of sp³-hybridized carbons (Fsp3) is 0.818. The summed E-state index contributed by atoms with van der Waals surface area (Å²) in [5.41, 5.74) is 0. The molecule has 0 saturated carbocycles. The van der Waals surface area contributed by atoms with E-state index in [-0.39, 0.29) is 19.0 Å². The van der Waals surface area contributed by atoms with Crippen LogP contribution in [0.25, 0.3) is 0 Å². The van der Waals surface area contributed by atoms with Crippen molar-refractivity contribution in [2.24, 2.45) is 0 Å². The second kappa shape index (κ2) is 7.88. The van der Waals surface area contributed by atoms with Gasteiger partial charge in [-0.1, -0.05) is 0 Å². The summed E-state index contributed by atoms with van der Waals surface area (Å²) in [5, 5.41) is 11.3. The number of ether oxygens (including phenoxy) is 2. The van der Waals surface area contributed by atoms with Crippen LogP contribution in [-0.4, -0.2) is 68.1 Å². The molecule has 104 valence electrons. The monoisotopic (exact) mass is 260 g/mol. The number of hydrogen-bond donors (Lipinski definition) is 2. The third-order valence-corrected chi connectivity index (χ3v) is 2.73. The molecule has 1 unspecified atom stereocenters. The zero-order valence-corrected chi connectivity index (χ0v) is 10.6. The number of rotatable bonds is 5. The summed E-state index contributed by atoms with van der Waals surface area (Å²) in [7, 11) is 1.43. The third-order valence-electron chi connectivity index (χ3n) is 2.73. The molecule has 0 radical (unpaired) electrons.